The molecule has 0 aromatic carbocycles. The Kier molecular flexibility index (Phi) is 4.47. The molecule has 0 spiro atoms. The van der Waals surface area contributed by atoms with Gasteiger partial charge in [-0.05, 0) is 68.6 Å². The summed E-state index contributed by atoms with van der Waals surface area (Å²) in [5.74, 6) is 1.59. The summed E-state index contributed by atoms with van der Waals surface area (Å²) in [5, 5.41) is 0. The Morgan fingerprint density at radius 3 is 2.30 bits per heavy atom. The standard InChI is InChI=1S/C23H34O4/c1-13-19-12-16(26-14(2)24)8-10-22(19,4)18-9-11-23(5)17(21(13)18)6-7-20(23)27-15(3)25/h16-18,20-21H,6-12H2,1-5H3/t16-,17-,18-,20-,21-,22-,23+/m0/s1. The van der Waals surface area contributed by atoms with Crippen LogP contribution in [-0.4, -0.2) is 24.1 Å². The number of hydrogen-bond acceptors (Lipinski definition) is 4. The fourth-order valence-electron chi connectivity index (χ4n) is 7.54. The van der Waals surface area contributed by atoms with Crippen LogP contribution in [0.25, 0.3) is 0 Å². The van der Waals surface area contributed by atoms with Crippen LogP contribution >= 0.6 is 0 Å². The summed E-state index contributed by atoms with van der Waals surface area (Å²) < 4.78 is 11.3. The Morgan fingerprint density at radius 1 is 0.926 bits per heavy atom. The van der Waals surface area contributed by atoms with Gasteiger partial charge in [0.1, 0.15) is 12.2 Å². The van der Waals surface area contributed by atoms with Crippen molar-refractivity contribution in [3.05, 3.63) is 11.1 Å². The van der Waals surface area contributed by atoms with Gasteiger partial charge in [-0.1, -0.05) is 25.0 Å². The van der Waals surface area contributed by atoms with Gasteiger partial charge in [0.2, 0.25) is 0 Å². The number of rotatable bonds is 2. The van der Waals surface area contributed by atoms with Crippen molar-refractivity contribution in [3.8, 4) is 0 Å². The van der Waals surface area contributed by atoms with Gasteiger partial charge >= 0.3 is 11.9 Å². The molecule has 0 unspecified atom stereocenters. The van der Waals surface area contributed by atoms with Crippen LogP contribution in [0, 0.1) is 28.6 Å². The fraction of sp³-hybridized carbons (Fsp3) is 0.826. The molecule has 4 aliphatic carbocycles. The number of carbonyl (C=O) groups excluding carboxylic acids is 2. The van der Waals surface area contributed by atoms with E-state index in [0.29, 0.717) is 17.8 Å². The number of carbonyl (C=O) groups is 2. The molecule has 150 valence electrons. The molecular formula is C23H34O4. The summed E-state index contributed by atoms with van der Waals surface area (Å²) in [5.41, 5.74) is 3.48. The number of fused-ring (bicyclic) bond motifs is 5. The third-order valence-electron chi connectivity index (χ3n) is 8.73. The highest BCUT2D eigenvalue weighted by atomic mass is 16.5. The number of ether oxygens (including phenoxy) is 2. The molecule has 0 N–H and O–H groups in total. The van der Waals surface area contributed by atoms with Crippen molar-refractivity contribution in [1.29, 1.82) is 0 Å². The van der Waals surface area contributed by atoms with Gasteiger partial charge in [0, 0.05) is 25.7 Å². The summed E-state index contributed by atoms with van der Waals surface area (Å²) >= 11 is 0. The maximum atomic E-state index is 11.6. The van der Waals surface area contributed by atoms with Crippen LogP contribution in [0.1, 0.15) is 79.6 Å². The molecule has 7 atom stereocenters. The van der Waals surface area contributed by atoms with E-state index in [-0.39, 0.29) is 35.0 Å². The average molecular weight is 375 g/mol. The lowest BCUT2D eigenvalue weighted by Gasteiger charge is -2.50. The third kappa shape index (κ3) is 2.77. The first kappa shape index (κ1) is 19.0. The molecule has 3 fully saturated rings. The zero-order valence-electron chi connectivity index (χ0n) is 17.5. The molecule has 3 saturated carbocycles. The normalized spacial score (nSPS) is 45.7. The predicted molar refractivity (Wildman–Crippen MR) is 103 cm³/mol. The summed E-state index contributed by atoms with van der Waals surface area (Å²) in [6.07, 6.45) is 7.65. The Labute approximate surface area is 163 Å². The predicted octanol–water partition coefficient (Wildman–Crippen LogP) is 4.81. The Balaban J connectivity index is 1.64. The van der Waals surface area contributed by atoms with Crippen LogP contribution in [0.15, 0.2) is 11.1 Å². The van der Waals surface area contributed by atoms with Gasteiger partial charge in [0.05, 0.1) is 0 Å². The number of hydrogen-bond donors (Lipinski definition) is 0. The second-order valence-electron chi connectivity index (χ2n) is 10.0. The zero-order valence-corrected chi connectivity index (χ0v) is 17.5. The molecule has 4 rings (SSSR count). The van der Waals surface area contributed by atoms with Crippen molar-refractivity contribution >= 4 is 11.9 Å². The maximum Gasteiger partial charge on any atom is 0.302 e. The van der Waals surface area contributed by atoms with Crippen LogP contribution in [0.2, 0.25) is 0 Å². The average Bonchev–Trinajstić information content (AvgIpc) is 3.01. The van der Waals surface area contributed by atoms with Gasteiger partial charge in [-0.15, -0.1) is 0 Å². The summed E-state index contributed by atoms with van der Waals surface area (Å²) in [6.45, 7) is 10.2. The highest BCUT2D eigenvalue weighted by Crippen LogP contribution is 2.68. The minimum Gasteiger partial charge on any atom is -0.462 e. The van der Waals surface area contributed by atoms with Crippen molar-refractivity contribution in [2.75, 3.05) is 0 Å². The van der Waals surface area contributed by atoms with Gasteiger partial charge in [-0.25, -0.2) is 0 Å². The molecule has 0 aromatic heterocycles. The second-order valence-corrected chi connectivity index (χ2v) is 10.0. The van der Waals surface area contributed by atoms with Crippen molar-refractivity contribution in [1.82, 2.24) is 0 Å². The van der Waals surface area contributed by atoms with Gasteiger partial charge in [-0.2, -0.15) is 0 Å². The minimum atomic E-state index is -0.162. The van der Waals surface area contributed by atoms with Crippen molar-refractivity contribution in [2.45, 2.75) is 91.8 Å². The van der Waals surface area contributed by atoms with Crippen LogP contribution in [0.3, 0.4) is 0 Å². The molecule has 0 radical (unpaired) electrons. The van der Waals surface area contributed by atoms with E-state index in [1.165, 1.54) is 20.3 Å². The summed E-state index contributed by atoms with van der Waals surface area (Å²) in [6, 6.07) is 0. The van der Waals surface area contributed by atoms with Crippen molar-refractivity contribution in [3.63, 3.8) is 0 Å². The largest absolute Gasteiger partial charge is 0.462 e. The van der Waals surface area contributed by atoms with E-state index in [4.69, 9.17) is 9.47 Å². The van der Waals surface area contributed by atoms with E-state index in [1.54, 1.807) is 11.1 Å². The molecule has 4 aliphatic rings. The molecule has 0 aliphatic heterocycles. The first-order valence-electron chi connectivity index (χ1n) is 10.7. The Morgan fingerprint density at radius 2 is 1.63 bits per heavy atom. The second kappa shape index (κ2) is 6.35. The third-order valence-corrected chi connectivity index (χ3v) is 8.73. The van der Waals surface area contributed by atoms with E-state index in [9.17, 15) is 9.59 Å². The van der Waals surface area contributed by atoms with Gasteiger partial charge in [-0.3, -0.25) is 9.59 Å². The molecule has 27 heavy (non-hydrogen) atoms. The van der Waals surface area contributed by atoms with Crippen LogP contribution in [-0.2, 0) is 19.1 Å². The Hall–Kier alpha value is -1.32. The SMILES string of the molecule is CC(=O)O[C@H]1CC[C@]2(C)C(=C(C)[C@H]3[C@@H]4CC[C@H](OC(C)=O)[C@]4(C)CC[C@@H]32)C1. The molecule has 4 nitrogen and oxygen atoms in total. The topological polar surface area (TPSA) is 52.6 Å². The van der Waals surface area contributed by atoms with E-state index < -0.39 is 0 Å². The van der Waals surface area contributed by atoms with E-state index in [1.807, 2.05) is 0 Å². The van der Waals surface area contributed by atoms with Gasteiger partial charge in [0.25, 0.3) is 0 Å². The number of allylic oxidation sites excluding steroid dienone is 1. The van der Waals surface area contributed by atoms with Crippen LogP contribution in [0.4, 0.5) is 0 Å². The highest BCUT2D eigenvalue weighted by molar-refractivity contribution is 5.66. The smallest absolute Gasteiger partial charge is 0.302 e. The fourth-order valence-corrected chi connectivity index (χ4v) is 7.54. The van der Waals surface area contributed by atoms with Crippen LogP contribution < -0.4 is 0 Å². The maximum absolute atomic E-state index is 11.6. The minimum absolute atomic E-state index is 0.0458. The van der Waals surface area contributed by atoms with Crippen LogP contribution in [0.5, 0.6) is 0 Å². The van der Waals surface area contributed by atoms with Gasteiger partial charge in [0.15, 0.2) is 0 Å². The highest BCUT2D eigenvalue weighted by Gasteiger charge is 2.62. The first-order chi connectivity index (χ1) is 12.7. The van der Waals surface area contributed by atoms with E-state index in [2.05, 4.69) is 20.8 Å². The quantitative estimate of drug-likeness (QED) is 0.514. The molecule has 0 bridgehead atoms. The summed E-state index contributed by atoms with van der Waals surface area (Å²) in [7, 11) is 0. The van der Waals surface area contributed by atoms with Gasteiger partial charge < -0.3 is 9.47 Å². The lowest BCUT2D eigenvalue weighted by Crippen LogP contribution is -2.46. The van der Waals surface area contributed by atoms with Crippen molar-refractivity contribution < 1.29 is 19.1 Å². The lowest BCUT2D eigenvalue weighted by atomic mass is 9.54. The Bertz CT molecular complexity index is 694. The summed E-state index contributed by atoms with van der Waals surface area (Å²) in [4.78, 5) is 23.1. The zero-order chi connectivity index (χ0) is 19.6. The molecule has 0 saturated heterocycles. The molecule has 0 amide bonds. The monoisotopic (exact) mass is 374 g/mol. The van der Waals surface area contributed by atoms with E-state index >= 15 is 0 Å². The molecule has 0 heterocycles. The van der Waals surface area contributed by atoms with Crippen molar-refractivity contribution in [2.24, 2.45) is 28.6 Å². The molecule has 0 aromatic rings. The first-order valence-corrected chi connectivity index (χ1v) is 10.7. The number of esters is 2. The molecular weight excluding hydrogens is 340 g/mol. The van der Waals surface area contributed by atoms with E-state index in [0.717, 1.165) is 38.5 Å². The lowest BCUT2D eigenvalue weighted by molar-refractivity contribution is -0.155. The molecule has 4 heteroatoms.